The number of fused-ring (bicyclic) bond motifs is 1. The predicted molar refractivity (Wildman–Crippen MR) is 114 cm³/mol. The third-order valence-electron chi connectivity index (χ3n) is 4.40. The van der Waals surface area contributed by atoms with Gasteiger partial charge in [0.1, 0.15) is 0 Å². The van der Waals surface area contributed by atoms with Crippen LogP contribution in [0.1, 0.15) is 62.3 Å². The van der Waals surface area contributed by atoms with E-state index in [1.54, 1.807) is 0 Å². The quantitative estimate of drug-likeness (QED) is 0.403. The number of para-hydroxylation sites is 2. The Balaban J connectivity index is 2.65. The summed E-state index contributed by atoms with van der Waals surface area (Å²) in [5.41, 5.74) is 3.30. The van der Waals surface area contributed by atoms with E-state index in [-0.39, 0.29) is 15.9 Å². The summed E-state index contributed by atoms with van der Waals surface area (Å²) in [5.74, 6) is 0. The van der Waals surface area contributed by atoms with E-state index in [1.807, 2.05) is 0 Å². The molecule has 0 aliphatic carbocycles. The molecule has 0 spiro atoms. The molecule has 0 aromatic heterocycles. The Morgan fingerprint density at radius 3 is 1.33 bits per heavy atom. The lowest BCUT2D eigenvalue weighted by Crippen LogP contribution is -2.66. The predicted octanol–water partition coefficient (Wildman–Crippen LogP) is 6.54. The highest BCUT2D eigenvalue weighted by Crippen LogP contribution is 2.56. The summed E-state index contributed by atoms with van der Waals surface area (Å²) in [4.78, 5) is 0. The first-order valence-electron chi connectivity index (χ1n) is 9.00. The zero-order valence-corrected chi connectivity index (χ0v) is 19.6. The standard InChI is InChI=1S/C20H35BrN2Si/c1-18(2,3)14-22-16-12-10-11-13-17(16)23(15-19(4,5)6)24(22,21)20(7,8)9/h10-13H,14-15H2,1-9H3. The van der Waals surface area contributed by atoms with E-state index in [0.717, 1.165) is 13.1 Å². The molecule has 0 atom stereocenters. The first-order valence-corrected chi connectivity index (χ1v) is 13.2. The van der Waals surface area contributed by atoms with Crippen LogP contribution in [-0.2, 0) is 0 Å². The Bertz CT molecular complexity index is 550. The van der Waals surface area contributed by atoms with Crippen molar-refractivity contribution < 1.29 is 0 Å². The van der Waals surface area contributed by atoms with Crippen LogP contribution in [0.5, 0.6) is 0 Å². The van der Waals surface area contributed by atoms with E-state index in [4.69, 9.17) is 0 Å². The zero-order chi connectivity index (χ0) is 18.6. The normalized spacial score (nSPS) is 18.1. The van der Waals surface area contributed by atoms with E-state index in [9.17, 15) is 0 Å². The Hall–Kier alpha value is -0.483. The van der Waals surface area contributed by atoms with Crippen molar-refractivity contribution in [2.24, 2.45) is 10.8 Å². The molecule has 0 saturated carbocycles. The second kappa shape index (κ2) is 6.05. The fraction of sp³-hybridized carbons (Fsp3) is 0.700. The van der Waals surface area contributed by atoms with Gasteiger partial charge in [-0.05, 0) is 23.0 Å². The number of nitrogens with zero attached hydrogens (tertiary/aromatic N) is 2. The molecule has 0 bridgehead atoms. The third-order valence-corrected chi connectivity index (χ3v) is 14.7. The SMILES string of the molecule is CC(C)(C)CN1c2ccccc2N(CC(C)(C)C)[Si]1(Br)C(C)(C)C. The van der Waals surface area contributed by atoms with Crippen LogP contribution in [0.25, 0.3) is 0 Å². The molecule has 0 radical (unpaired) electrons. The van der Waals surface area contributed by atoms with Crippen molar-refractivity contribution in [2.45, 2.75) is 67.4 Å². The van der Waals surface area contributed by atoms with Gasteiger partial charge in [0.15, 0.2) is 0 Å². The van der Waals surface area contributed by atoms with Crippen LogP contribution in [0.3, 0.4) is 0 Å². The Morgan fingerprint density at radius 1 is 0.750 bits per heavy atom. The summed E-state index contributed by atoms with van der Waals surface area (Å²) in [7, 11) is -2.09. The summed E-state index contributed by atoms with van der Waals surface area (Å²) in [6.07, 6.45) is 0. The molecule has 2 nitrogen and oxygen atoms in total. The van der Waals surface area contributed by atoms with Crippen molar-refractivity contribution in [3.8, 4) is 0 Å². The molecule has 1 heterocycles. The largest absolute Gasteiger partial charge is 0.370 e. The lowest BCUT2D eigenvalue weighted by molar-refractivity contribution is 0.420. The summed E-state index contributed by atoms with van der Waals surface area (Å²) in [5, 5.41) is 0.183. The minimum Gasteiger partial charge on any atom is -0.370 e. The Labute approximate surface area is 158 Å². The van der Waals surface area contributed by atoms with Crippen LogP contribution in [0, 0.1) is 10.8 Å². The van der Waals surface area contributed by atoms with Crippen molar-refractivity contribution in [3.63, 3.8) is 0 Å². The first-order chi connectivity index (χ1) is 10.7. The van der Waals surface area contributed by atoms with Gasteiger partial charge in [0, 0.05) is 18.1 Å². The maximum atomic E-state index is 4.38. The summed E-state index contributed by atoms with van der Waals surface area (Å²) < 4.78 is 5.43. The van der Waals surface area contributed by atoms with E-state index >= 15 is 0 Å². The van der Waals surface area contributed by atoms with Gasteiger partial charge in [0.2, 0.25) is 0 Å². The molecule has 1 aliphatic heterocycles. The molecule has 0 unspecified atom stereocenters. The maximum absolute atomic E-state index is 4.38. The first kappa shape index (κ1) is 19.8. The van der Waals surface area contributed by atoms with Gasteiger partial charge in [-0.3, -0.25) is 0 Å². The van der Waals surface area contributed by atoms with E-state index in [2.05, 4.69) is 111 Å². The van der Waals surface area contributed by atoms with Crippen molar-refractivity contribution >= 4 is 33.7 Å². The summed E-state index contributed by atoms with van der Waals surface area (Å²) >= 11 is 4.38. The molecule has 0 N–H and O–H groups in total. The van der Waals surface area contributed by atoms with Gasteiger partial charge >= 0.3 is 7.02 Å². The van der Waals surface area contributed by atoms with Gasteiger partial charge in [0.05, 0.1) is 11.4 Å². The van der Waals surface area contributed by atoms with E-state index < -0.39 is 7.02 Å². The number of halogens is 1. The number of rotatable bonds is 2. The van der Waals surface area contributed by atoms with E-state index in [0.29, 0.717) is 0 Å². The number of benzene rings is 1. The zero-order valence-electron chi connectivity index (χ0n) is 17.0. The Morgan fingerprint density at radius 2 is 1.08 bits per heavy atom. The van der Waals surface area contributed by atoms with Crippen LogP contribution in [0.4, 0.5) is 11.4 Å². The molecule has 1 aromatic carbocycles. The maximum Gasteiger partial charge on any atom is 0.344 e. The fourth-order valence-corrected chi connectivity index (χ4v) is 9.72. The molecular weight excluding hydrogens is 376 g/mol. The number of hydrogen-bond acceptors (Lipinski definition) is 2. The van der Waals surface area contributed by atoms with E-state index in [1.165, 1.54) is 11.4 Å². The molecule has 0 amide bonds. The third kappa shape index (κ3) is 3.69. The average molecular weight is 412 g/mol. The second-order valence-corrected chi connectivity index (χ2v) is 17.7. The molecule has 2 rings (SSSR count). The average Bonchev–Trinajstić information content (AvgIpc) is 2.59. The number of anilines is 2. The van der Waals surface area contributed by atoms with Crippen molar-refractivity contribution in [1.29, 1.82) is 0 Å². The van der Waals surface area contributed by atoms with Gasteiger partial charge in [-0.1, -0.05) is 89.7 Å². The van der Waals surface area contributed by atoms with Crippen LogP contribution in [0.2, 0.25) is 5.04 Å². The molecule has 0 saturated heterocycles. The van der Waals surface area contributed by atoms with Crippen LogP contribution < -0.4 is 9.13 Å². The highest BCUT2D eigenvalue weighted by Gasteiger charge is 2.59. The monoisotopic (exact) mass is 410 g/mol. The van der Waals surface area contributed by atoms with Gasteiger partial charge in [-0.15, -0.1) is 0 Å². The second-order valence-electron chi connectivity index (χ2n) is 10.6. The summed E-state index contributed by atoms with van der Waals surface area (Å²) in [6.45, 7) is 23.4. The van der Waals surface area contributed by atoms with Crippen molar-refractivity contribution in [1.82, 2.24) is 0 Å². The Kier molecular flexibility index (Phi) is 5.00. The van der Waals surface area contributed by atoms with Crippen LogP contribution >= 0.6 is 15.3 Å². The highest BCUT2D eigenvalue weighted by atomic mass is 79.9. The topological polar surface area (TPSA) is 6.48 Å². The van der Waals surface area contributed by atoms with Crippen LogP contribution in [0.15, 0.2) is 24.3 Å². The minimum absolute atomic E-state index is 0.183. The van der Waals surface area contributed by atoms with Gasteiger partial charge in [0.25, 0.3) is 0 Å². The van der Waals surface area contributed by atoms with Gasteiger partial charge in [-0.25, -0.2) is 0 Å². The minimum atomic E-state index is -2.09. The highest BCUT2D eigenvalue weighted by molar-refractivity contribution is 9.26. The summed E-state index contributed by atoms with van der Waals surface area (Å²) in [6, 6.07) is 8.97. The molecule has 136 valence electrons. The molecule has 1 aromatic rings. The molecule has 1 aliphatic rings. The van der Waals surface area contributed by atoms with Crippen molar-refractivity contribution in [2.75, 3.05) is 22.2 Å². The molecule has 4 heteroatoms. The smallest absolute Gasteiger partial charge is 0.344 e. The lowest BCUT2D eigenvalue weighted by Gasteiger charge is -2.50. The van der Waals surface area contributed by atoms with Gasteiger partial charge < -0.3 is 9.13 Å². The lowest BCUT2D eigenvalue weighted by atomic mass is 9.96. The molecule has 0 fully saturated rings. The molecular formula is C20H35BrN2Si. The van der Waals surface area contributed by atoms with Gasteiger partial charge in [-0.2, -0.15) is 0 Å². The van der Waals surface area contributed by atoms with Crippen LogP contribution in [-0.4, -0.2) is 20.1 Å². The number of hydrogen-bond donors (Lipinski definition) is 0. The van der Waals surface area contributed by atoms with Crippen molar-refractivity contribution in [3.05, 3.63) is 24.3 Å². The molecule has 24 heavy (non-hydrogen) atoms. The fourth-order valence-electron chi connectivity index (χ4n) is 3.52.